The van der Waals surface area contributed by atoms with Gasteiger partial charge >= 0.3 is 11.9 Å². The molecule has 0 saturated heterocycles. The van der Waals surface area contributed by atoms with Crippen LogP contribution in [0.3, 0.4) is 0 Å². The van der Waals surface area contributed by atoms with E-state index >= 15 is 0 Å². The Hall–Kier alpha value is -1.91. The summed E-state index contributed by atoms with van der Waals surface area (Å²) in [6.07, 6.45) is 1.51. The van der Waals surface area contributed by atoms with Crippen LogP contribution in [-0.2, 0) is 19.1 Å². The first-order valence-electron chi connectivity index (χ1n) is 5.44. The molecule has 92 valence electrons. The summed E-state index contributed by atoms with van der Waals surface area (Å²) in [4.78, 5) is 27.4. The highest BCUT2D eigenvalue weighted by Crippen LogP contribution is 2.16. The molecule has 0 fully saturated rings. The van der Waals surface area contributed by atoms with Crippen molar-refractivity contribution < 1.29 is 19.1 Å². The Kier molecular flexibility index (Phi) is 5.13. The Balaban J connectivity index is 2.94. The van der Waals surface area contributed by atoms with Crippen molar-refractivity contribution in [3.63, 3.8) is 0 Å². The molecule has 0 aliphatic carbocycles. The molecular formula is C12H15NO4. The first-order chi connectivity index (χ1) is 8.20. The Labute approximate surface area is 99.8 Å². The average Bonchev–Trinajstić information content (AvgIpc) is 2.31. The maximum absolute atomic E-state index is 11.7. The third kappa shape index (κ3) is 3.55. The summed E-state index contributed by atoms with van der Waals surface area (Å²) < 4.78 is 9.69. The van der Waals surface area contributed by atoms with Crippen molar-refractivity contribution in [1.29, 1.82) is 0 Å². The molecule has 0 aliphatic heterocycles. The molecule has 1 rings (SSSR count). The second-order valence-electron chi connectivity index (χ2n) is 3.19. The minimum absolute atomic E-state index is 0.210. The van der Waals surface area contributed by atoms with Gasteiger partial charge in [-0.1, -0.05) is 6.07 Å². The summed E-state index contributed by atoms with van der Waals surface area (Å²) in [6.45, 7) is 3.78. The van der Waals surface area contributed by atoms with Crippen LogP contribution in [0.2, 0.25) is 0 Å². The van der Waals surface area contributed by atoms with Gasteiger partial charge in [0, 0.05) is 6.20 Å². The Morgan fingerprint density at radius 2 is 1.76 bits per heavy atom. The van der Waals surface area contributed by atoms with Gasteiger partial charge in [-0.05, 0) is 26.0 Å². The molecule has 0 atom stereocenters. The molecule has 0 amide bonds. The highest BCUT2D eigenvalue weighted by atomic mass is 16.6. The van der Waals surface area contributed by atoms with E-state index in [1.54, 1.807) is 32.0 Å². The lowest BCUT2D eigenvalue weighted by Crippen LogP contribution is -2.26. The fourth-order valence-electron chi connectivity index (χ4n) is 1.34. The standard InChI is InChI=1S/C12H15NO4/c1-3-16-11(14)10(12(15)17-4-2)9-7-5-6-8-13-9/h5-8,10H,3-4H2,1-2H3. The van der Waals surface area contributed by atoms with Crippen LogP contribution in [-0.4, -0.2) is 30.1 Å². The van der Waals surface area contributed by atoms with Crippen LogP contribution in [0.15, 0.2) is 24.4 Å². The highest BCUT2D eigenvalue weighted by Gasteiger charge is 2.32. The monoisotopic (exact) mass is 237 g/mol. The predicted molar refractivity (Wildman–Crippen MR) is 60.2 cm³/mol. The summed E-state index contributed by atoms with van der Waals surface area (Å²) in [5.74, 6) is -2.37. The van der Waals surface area contributed by atoms with E-state index in [-0.39, 0.29) is 13.2 Å². The van der Waals surface area contributed by atoms with E-state index in [1.807, 2.05) is 0 Å². The normalized spacial score (nSPS) is 10.1. The van der Waals surface area contributed by atoms with Crippen LogP contribution in [0.25, 0.3) is 0 Å². The van der Waals surface area contributed by atoms with Gasteiger partial charge in [0.15, 0.2) is 5.92 Å². The van der Waals surface area contributed by atoms with Crippen molar-refractivity contribution >= 4 is 11.9 Å². The molecule has 17 heavy (non-hydrogen) atoms. The molecule has 0 radical (unpaired) electrons. The topological polar surface area (TPSA) is 65.5 Å². The van der Waals surface area contributed by atoms with E-state index in [2.05, 4.69) is 4.98 Å². The number of pyridine rings is 1. The van der Waals surface area contributed by atoms with Gasteiger partial charge in [-0.15, -0.1) is 0 Å². The minimum atomic E-state index is -1.10. The summed E-state index contributed by atoms with van der Waals surface area (Å²) in [6, 6.07) is 5.00. The molecule has 0 saturated carbocycles. The number of carbonyl (C=O) groups excluding carboxylic acids is 2. The third-order valence-electron chi connectivity index (χ3n) is 2.03. The summed E-state index contributed by atoms with van der Waals surface area (Å²) in [7, 11) is 0. The molecule has 1 aromatic heterocycles. The van der Waals surface area contributed by atoms with Crippen molar-refractivity contribution in [1.82, 2.24) is 4.98 Å². The zero-order chi connectivity index (χ0) is 12.7. The van der Waals surface area contributed by atoms with Gasteiger partial charge in [0.1, 0.15) is 0 Å². The zero-order valence-electron chi connectivity index (χ0n) is 9.88. The SMILES string of the molecule is CCOC(=O)C(C(=O)OCC)c1ccccn1. The highest BCUT2D eigenvalue weighted by molar-refractivity contribution is 6.00. The van der Waals surface area contributed by atoms with Crippen molar-refractivity contribution in [3.05, 3.63) is 30.1 Å². The Morgan fingerprint density at radius 1 is 1.18 bits per heavy atom. The van der Waals surface area contributed by atoms with Crippen molar-refractivity contribution in [3.8, 4) is 0 Å². The molecule has 0 N–H and O–H groups in total. The Bertz CT molecular complexity index is 359. The van der Waals surface area contributed by atoms with E-state index < -0.39 is 17.9 Å². The molecule has 5 heteroatoms. The van der Waals surface area contributed by atoms with Gasteiger partial charge < -0.3 is 9.47 Å². The maximum Gasteiger partial charge on any atom is 0.326 e. The van der Waals surface area contributed by atoms with E-state index in [4.69, 9.17) is 9.47 Å². The molecule has 0 aromatic carbocycles. The van der Waals surface area contributed by atoms with E-state index in [9.17, 15) is 9.59 Å². The Morgan fingerprint density at radius 3 is 2.18 bits per heavy atom. The number of ether oxygens (including phenoxy) is 2. The van der Waals surface area contributed by atoms with Crippen molar-refractivity contribution in [2.75, 3.05) is 13.2 Å². The maximum atomic E-state index is 11.7. The number of hydrogen-bond donors (Lipinski definition) is 0. The van der Waals surface area contributed by atoms with Gasteiger partial charge in [-0.25, -0.2) is 0 Å². The molecule has 0 spiro atoms. The van der Waals surface area contributed by atoms with Crippen molar-refractivity contribution in [2.24, 2.45) is 0 Å². The van der Waals surface area contributed by atoms with Crippen LogP contribution in [0.5, 0.6) is 0 Å². The number of nitrogens with zero attached hydrogens (tertiary/aromatic N) is 1. The molecule has 0 bridgehead atoms. The predicted octanol–water partition coefficient (Wildman–Crippen LogP) is 1.29. The number of rotatable bonds is 5. The van der Waals surface area contributed by atoms with Crippen molar-refractivity contribution in [2.45, 2.75) is 19.8 Å². The van der Waals surface area contributed by atoms with Crippen LogP contribution in [0.4, 0.5) is 0 Å². The number of esters is 2. The molecule has 0 aliphatic rings. The molecule has 5 nitrogen and oxygen atoms in total. The average molecular weight is 237 g/mol. The fraction of sp³-hybridized carbons (Fsp3) is 0.417. The largest absolute Gasteiger partial charge is 0.465 e. The molecular weight excluding hydrogens is 222 g/mol. The summed E-state index contributed by atoms with van der Waals surface area (Å²) in [5.41, 5.74) is 0.337. The summed E-state index contributed by atoms with van der Waals surface area (Å²) in [5, 5.41) is 0. The fourth-order valence-corrected chi connectivity index (χ4v) is 1.34. The number of carbonyl (C=O) groups is 2. The van der Waals surface area contributed by atoms with Gasteiger partial charge in [-0.3, -0.25) is 14.6 Å². The van der Waals surface area contributed by atoms with E-state index in [0.29, 0.717) is 5.69 Å². The molecule has 1 aromatic rings. The first kappa shape index (κ1) is 13.2. The van der Waals surface area contributed by atoms with Crippen LogP contribution in [0, 0.1) is 0 Å². The smallest absolute Gasteiger partial charge is 0.326 e. The quantitative estimate of drug-likeness (QED) is 0.570. The lowest BCUT2D eigenvalue weighted by Gasteiger charge is -2.13. The van der Waals surface area contributed by atoms with E-state index in [0.717, 1.165) is 0 Å². The zero-order valence-corrected chi connectivity index (χ0v) is 9.88. The lowest BCUT2D eigenvalue weighted by molar-refractivity contribution is -0.157. The number of aromatic nitrogens is 1. The van der Waals surface area contributed by atoms with Crippen LogP contribution >= 0.6 is 0 Å². The van der Waals surface area contributed by atoms with Gasteiger partial charge in [0.25, 0.3) is 0 Å². The minimum Gasteiger partial charge on any atom is -0.465 e. The lowest BCUT2D eigenvalue weighted by atomic mass is 10.1. The number of hydrogen-bond acceptors (Lipinski definition) is 5. The van der Waals surface area contributed by atoms with Gasteiger partial charge in [0.2, 0.25) is 0 Å². The van der Waals surface area contributed by atoms with Gasteiger partial charge in [0.05, 0.1) is 18.9 Å². The molecule has 0 unspecified atom stereocenters. The first-order valence-corrected chi connectivity index (χ1v) is 5.44. The second kappa shape index (κ2) is 6.62. The second-order valence-corrected chi connectivity index (χ2v) is 3.19. The van der Waals surface area contributed by atoms with Crippen LogP contribution < -0.4 is 0 Å². The third-order valence-corrected chi connectivity index (χ3v) is 2.03. The summed E-state index contributed by atoms with van der Waals surface area (Å²) >= 11 is 0. The van der Waals surface area contributed by atoms with Gasteiger partial charge in [-0.2, -0.15) is 0 Å². The molecule has 1 heterocycles. The van der Waals surface area contributed by atoms with E-state index in [1.165, 1.54) is 6.20 Å². The van der Waals surface area contributed by atoms with Crippen LogP contribution in [0.1, 0.15) is 25.5 Å².